The predicted octanol–water partition coefficient (Wildman–Crippen LogP) is 6.96. The molecule has 1 amide bonds. The Balaban J connectivity index is 1.24. The normalized spacial score (nSPS) is 16.1. The lowest BCUT2D eigenvalue weighted by atomic mass is 9.94. The van der Waals surface area contributed by atoms with Crippen LogP contribution in [0.1, 0.15) is 72.6 Å². The van der Waals surface area contributed by atoms with Gasteiger partial charge in [0.25, 0.3) is 0 Å². The lowest BCUT2D eigenvalue weighted by Crippen LogP contribution is -2.46. The highest BCUT2D eigenvalue weighted by Gasteiger charge is 2.30. The number of carboxylic acid groups (broad SMARTS) is 1. The van der Waals surface area contributed by atoms with Gasteiger partial charge in [-0.05, 0) is 81.3 Å². The average molecular weight is 726 g/mol. The fourth-order valence-electron chi connectivity index (χ4n) is 6.64. The van der Waals surface area contributed by atoms with E-state index in [1.807, 2.05) is 56.4 Å². The molecule has 272 valence electrons. The van der Waals surface area contributed by atoms with Crippen LogP contribution in [0, 0.1) is 13.8 Å². The number of amides is 1. The van der Waals surface area contributed by atoms with E-state index in [0.29, 0.717) is 47.7 Å². The molecule has 0 unspecified atom stereocenters. The van der Waals surface area contributed by atoms with Crippen LogP contribution in [-0.4, -0.2) is 46.7 Å². The Morgan fingerprint density at radius 3 is 2.40 bits per heavy atom. The molecule has 12 heteroatoms. The Morgan fingerprint density at radius 2 is 1.69 bits per heavy atom. The minimum atomic E-state index is -1.11. The van der Waals surface area contributed by atoms with E-state index in [9.17, 15) is 14.7 Å². The maximum atomic E-state index is 11.6. The lowest BCUT2D eigenvalue weighted by Gasteiger charge is -2.22. The minimum absolute atomic E-state index is 0.0333. The summed E-state index contributed by atoms with van der Waals surface area (Å²) in [5.74, 6) is 0.446. The molecule has 0 saturated carbocycles. The van der Waals surface area contributed by atoms with Crippen molar-refractivity contribution in [2.75, 3.05) is 14.2 Å². The number of aryl methyl sites for hydroxylation is 2. The van der Waals surface area contributed by atoms with Crippen molar-refractivity contribution in [1.82, 2.24) is 25.9 Å². The molecule has 11 nitrogen and oxygen atoms in total. The molecule has 1 atom stereocenters. The first kappa shape index (κ1) is 36.7. The Morgan fingerprint density at radius 1 is 0.962 bits per heavy atom. The summed E-state index contributed by atoms with van der Waals surface area (Å²) < 4.78 is 17.9. The number of hydrogen-bond acceptors (Lipinski definition) is 9. The van der Waals surface area contributed by atoms with Gasteiger partial charge in [0.15, 0.2) is 0 Å². The highest BCUT2D eigenvalue weighted by atomic mass is 35.5. The van der Waals surface area contributed by atoms with Crippen LogP contribution >= 0.6 is 11.6 Å². The summed E-state index contributed by atoms with van der Waals surface area (Å²) in [6.07, 6.45) is 4.37. The summed E-state index contributed by atoms with van der Waals surface area (Å²) in [6.45, 7) is 7.93. The second-order valence-electron chi connectivity index (χ2n) is 13.7. The number of rotatable bonds is 13. The van der Waals surface area contributed by atoms with Crippen LogP contribution in [0.5, 0.6) is 17.6 Å². The van der Waals surface area contributed by atoms with Gasteiger partial charge in [-0.2, -0.15) is 4.98 Å². The van der Waals surface area contributed by atoms with E-state index in [4.69, 9.17) is 30.8 Å². The van der Waals surface area contributed by atoms with Gasteiger partial charge in [-0.15, -0.1) is 0 Å². The van der Waals surface area contributed by atoms with Gasteiger partial charge in [-0.1, -0.05) is 48.0 Å². The van der Waals surface area contributed by atoms with Gasteiger partial charge in [0.1, 0.15) is 11.6 Å². The van der Waals surface area contributed by atoms with Gasteiger partial charge in [0.05, 0.1) is 24.9 Å². The Bertz CT molecular complexity index is 2060. The molecular formula is C40H44ClN5O6. The Labute approximate surface area is 308 Å². The number of aliphatic carboxylic acids is 1. The number of halogens is 1. The van der Waals surface area contributed by atoms with Gasteiger partial charge in [-0.3, -0.25) is 14.9 Å². The van der Waals surface area contributed by atoms with Crippen LogP contribution in [0.15, 0.2) is 60.4 Å². The lowest BCUT2D eigenvalue weighted by molar-refractivity contribution is -0.143. The topological polar surface area (TPSA) is 144 Å². The zero-order valence-electron chi connectivity index (χ0n) is 30.3. The zero-order chi connectivity index (χ0) is 37.2. The molecule has 52 heavy (non-hydrogen) atoms. The number of hydrogen-bond donors (Lipinski definition) is 4. The van der Waals surface area contributed by atoms with Crippen molar-refractivity contribution in [3.63, 3.8) is 0 Å². The number of nitrogens with one attached hydrogen (secondary N) is 3. The quantitative estimate of drug-likeness (QED) is 0.114. The van der Waals surface area contributed by atoms with Crippen LogP contribution in [-0.2, 0) is 29.1 Å². The van der Waals surface area contributed by atoms with E-state index in [1.54, 1.807) is 28.1 Å². The smallest absolute Gasteiger partial charge is 0.323 e. The van der Waals surface area contributed by atoms with Crippen molar-refractivity contribution in [3.05, 3.63) is 98.8 Å². The molecule has 3 heterocycles. The summed E-state index contributed by atoms with van der Waals surface area (Å²) in [7, 11) is 3.15. The van der Waals surface area contributed by atoms with E-state index < -0.39 is 11.5 Å². The van der Waals surface area contributed by atoms with Gasteiger partial charge >= 0.3 is 5.97 Å². The van der Waals surface area contributed by atoms with Crippen LogP contribution in [0.3, 0.4) is 0 Å². The molecule has 4 N–H and O–H groups in total. The van der Waals surface area contributed by atoms with Crippen molar-refractivity contribution in [2.24, 2.45) is 0 Å². The predicted molar refractivity (Wildman–Crippen MR) is 199 cm³/mol. The van der Waals surface area contributed by atoms with E-state index >= 15 is 0 Å². The molecule has 1 aliphatic heterocycles. The van der Waals surface area contributed by atoms with Crippen LogP contribution < -0.4 is 30.2 Å². The van der Waals surface area contributed by atoms with Crippen LogP contribution in [0.4, 0.5) is 0 Å². The summed E-state index contributed by atoms with van der Waals surface area (Å²) >= 11 is 7.21. The summed E-state index contributed by atoms with van der Waals surface area (Å²) in [6, 6.07) is 16.1. The maximum absolute atomic E-state index is 11.6. The van der Waals surface area contributed by atoms with Crippen LogP contribution in [0.25, 0.3) is 22.4 Å². The third-order valence-electron chi connectivity index (χ3n) is 9.67. The third kappa shape index (κ3) is 7.56. The molecule has 4 aromatic rings. The fourth-order valence-corrected chi connectivity index (χ4v) is 6.97. The molecule has 2 aromatic carbocycles. The maximum Gasteiger partial charge on any atom is 0.323 e. The molecule has 0 radical (unpaired) electrons. The van der Waals surface area contributed by atoms with Crippen molar-refractivity contribution in [2.45, 2.75) is 78.1 Å². The van der Waals surface area contributed by atoms with Crippen molar-refractivity contribution >= 4 is 23.5 Å². The fraction of sp³-hybridized carbons (Fsp3) is 0.350. The van der Waals surface area contributed by atoms with E-state index in [-0.39, 0.29) is 18.6 Å². The third-order valence-corrected chi connectivity index (χ3v) is 10.1. The Kier molecular flexibility index (Phi) is 10.7. The Hall–Kier alpha value is -5.13. The van der Waals surface area contributed by atoms with Crippen molar-refractivity contribution in [1.29, 1.82) is 0 Å². The molecule has 1 saturated heterocycles. The zero-order valence-corrected chi connectivity index (χ0v) is 31.0. The van der Waals surface area contributed by atoms with E-state index in [0.717, 1.165) is 63.0 Å². The van der Waals surface area contributed by atoms with E-state index in [1.165, 1.54) is 5.56 Å². The highest BCUT2D eigenvalue weighted by molar-refractivity contribution is 6.36. The summed E-state index contributed by atoms with van der Waals surface area (Å²) in [5.41, 5.74) is 8.94. The van der Waals surface area contributed by atoms with Gasteiger partial charge in [0, 0.05) is 59.2 Å². The van der Waals surface area contributed by atoms with Gasteiger partial charge in [0.2, 0.25) is 23.5 Å². The number of ether oxygens (including phenoxy) is 3. The van der Waals surface area contributed by atoms with Gasteiger partial charge in [-0.25, -0.2) is 4.98 Å². The largest absolute Gasteiger partial charge is 0.481 e. The number of pyridine rings is 2. The molecule has 1 aliphatic carbocycles. The first-order valence-corrected chi connectivity index (χ1v) is 17.6. The first-order valence-electron chi connectivity index (χ1n) is 17.3. The molecule has 2 aliphatic rings. The minimum Gasteiger partial charge on any atom is -0.481 e. The number of aromatic nitrogens is 2. The second-order valence-corrected chi connectivity index (χ2v) is 14.0. The number of carbonyl (C=O) groups excluding carboxylic acids is 1. The summed E-state index contributed by atoms with van der Waals surface area (Å²) in [4.78, 5) is 32.7. The SMILES string of the molecule is COc1nc(O[C@H]2CCc3c(-c4cccc(-c5cc(C)c(CN/C=C6\CCC(=O)N6)c(OC)n5)c4Cl)cccc32)c(C)cc1CNC(C)(C)C(=O)O. The number of benzene rings is 2. The molecule has 6 rings (SSSR count). The monoisotopic (exact) mass is 725 g/mol. The van der Waals surface area contributed by atoms with Crippen LogP contribution in [0.2, 0.25) is 5.02 Å². The van der Waals surface area contributed by atoms with Crippen molar-refractivity contribution in [3.8, 4) is 40.0 Å². The second kappa shape index (κ2) is 15.2. The number of carbonyl (C=O) groups is 2. The molecule has 0 bridgehead atoms. The molecule has 1 fully saturated rings. The number of allylic oxidation sites excluding steroid dienone is 1. The number of carboxylic acids is 1. The highest BCUT2D eigenvalue weighted by Crippen LogP contribution is 2.44. The standard InChI is InChI=1S/C40H44ClN5O6/c1-22-18-32(45-38(51-6)31(22)21-42-20-25-13-16-34(47)44-25)30-12-8-11-29(35(30)41)26-9-7-10-28-27(26)14-15-33(28)52-36-23(2)17-24(37(46-36)50-5)19-43-40(3,4)39(48)49/h7-12,17-18,20,33,42-43H,13-16,19,21H2,1-6H3,(H,44,47)(H,48,49)/b25-20+/t33-/m0/s1. The summed E-state index contributed by atoms with van der Waals surface area (Å²) in [5, 5.41) is 19.3. The molecule has 0 spiro atoms. The number of methoxy groups -OCH3 is 2. The molecular weight excluding hydrogens is 682 g/mol. The number of fused-ring (bicyclic) bond motifs is 1. The molecule has 2 aromatic heterocycles. The number of nitrogens with zero attached hydrogens (tertiary/aromatic N) is 2. The van der Waals surface area contributed by atoms with Crippen molar-refractivity contribution < 1.29 is 28.9 Å². The average Bonchev–Trinajstić information content (AvgIpc) is 3.74. The van der Waals surface area contributed by atoms with E-state index in [2.05, 4.69) is 33.1 Å². The first-order chi connectivity index (χ1) is 24.9. The van der Waals surface area contributed by atoms with Gasteiger partial charge < -0.3 is 30.0 Å².